The molecule has 2 atom stereocenters. The minimum atomic E-state index is 0.369. The Morgan fingerprint density at radius 1 is 1.47 bits per heavy atom. The van der Waals surface area contributed by atoms with Crippen molar-refractivity contribution >= 4 is 11.8 Å². The summed E-state index contributed by atoms with van der Waals surface area (Å²) in [6.45, 7) is 3.02. The number of ether oxygens (including phenoxy) is 1. The van der Waals surface area contributed by atoms with Gasteiger partial charge >= 0.3 is 0 Å². The summed E-state index contributed by atoms with van der Waals surface area (Å²) in [7, 11) is 1.94. The minimum Gasteiger partial charge on any atom is -0.377 e. The van der Waals surface area contributed by atoms with E-state index in [4.69, 9.17) is 9.26 Å². The summed E-state index contributed by atoms with van der Waals surface area (Å²) in [6, 6.07) is 0.369. The molecule has 6 heteroatoms. The molecule has 1 aliphatic heterocycles. The molecule has 0 amide bonds. The fraction of sp³-hybridized carbons (Fsp3) is 0.846. The van der Waals surface area contributed by atoms with Crippen molar-refractivity contribution in [2.75, 3.05) is 19.4 Å². The van der Waals surface area contributed by atoms with E-state index in [0.29, 0.717) is 12.1 Å². The Labute approximate surface area is 118 Å². The average Bonchev–Trinajstić information content (AvgIpc) is 2.87. The van der Waals surface area contributed by atoms with Crippen LogP contribution in [-0.4, -0.2) is 41.7 Å². The molecule has 1 aromatic rings. The fourth-order valence-corrected chi connectivity index (χ4v) is 2.96. The molecule has 0 bridgehead atoms. The van der Waals surface area contributed by atoms with E-state index in [0.717, 1.165) is 36.2 Å². The maximum Gasteiger partial charge on any atom is 0.236 e. The molecular weight excluding hydrogens is 262 g/mol. The molecule has 1 saturated heterocycles. The fourth-order valence-electron chi connectivity index (χ4n) is 2.02. The first kappa shape index (κ1) is 14.8. The quantitative estimate of drug-likeness (QED) is 0.827. The molecule has 0 saturated carbocycles. The van der Waals surface area contributed by atoms with Crippen LogP contribution in [0.5, 0.6) is 0 Å². The summed E-state index contributed by atoms with van der Waals surface area (Å²) in [5.41, 5.74) is 0. The lowest BCUT2D eigenvalue weighted by Crippen LogP contribution is -2.24. The summed E-state index contributed by atoms with van der Waals surface area (Å²) >= 11 is 1.81. The van der Waals surface area contributed by atoms with Crippen LogP contribution < -0.4 is 5.32 Å². The van der Waals surface area contributed by atoms with Crippen LogP contribution >= 0.6 is 11.8 Å². The number of nitrogens with one attached hydrogen (secondary N) is 1. The monoisotopic (exact) mass is 285 g/mol. The van der Waals surface area contributed by atoms with Gasteiger partial charge in [-0.2, -0.15) is 4.98 Å². The van der Waals surface area contributed by atoms with Crippen molar-refractivity contribution in [3.8, 4) is 0 Å². The zero-order chi connectivity index (χ0) is 13.5. The predicted octanol–water partition coefficient (Wildman–Crippen LogP) is 2.02. The van der Waals surface area contributed by atoms with Crippen LogP contribution in [0.4, 0.5) is 0 Å². The van der Waals surface area contributed by atoms with Crippen LogP contribution in [0, 0.1) is 0 Å². The molecule has 2 unspecified atom stereocenters. The highest BCUT2D eigenvalue weighted by molar-refractivity contribution is 7.98. The number of rotatable bonds is 7. The standard InChI is InChI=1S/C13H23N3O2S/c1-10(14-2)7-12-15-13(18-16-12)9-19-8-11-5-3-4-6-17-11/h10-11,14H,3-9H2,1-2H3. The Morgan fingerprint density at radius 3 is 3.11 bits per heavy atom. The zero-order valence-corrected chi connectivity index (χ0v) is 12.5. The first-order valence-corrected chi connectivity index (χ1v) is 8.11. The summed E-state index contributed by atoms with van der Waals surface area (Å²) < 4.78 is 10.9. The number of aromatic nitrogens is 2. The molecule has 19 heavy (non-hydrogen) atoms. The van der Waals surface area contributed by atoms with Crippen molar-refractivity contribution in [1.82, 2.24) is 15.5 Å². The van der Waals surface area contributed by atoms with Gasteiger partial charge in [-0.3, -0.25) is 0 Å². The molecule has 1 N–H and O–H groups in total. The minimum absolute atomic E-state index is 0.369. The summed E-state index contributed by atoms with van der Waals surface area (Å²) in [4.78, 5) is 4.40. The number of nitrogens with zero attached hydrogens (tertiary/aromatic N) is 2. The zero-order valence-electron chi connectivity index (χ0n) is 11.7. The van der Waals surface area contributed by atoms with Crippen LogP contribution in [0.3, 0.4) is 0 Å². The largest absolute Gasteiger partial charge is 0.377 e. The second-order valence-corrected chi connectivity index (χ2v) is 6.03. The van der Waals surface area contributed by atoms with E-state index in [1.807, 2.05) is 18.8 Å². The van der Waals surface area contributed by atoms with Crippen LogP contribution in [0.25, 0.3) is 0 Å². The van der Waals surface area contributed by atoms with Crippen molar-refractivity contribution < 1.29 is 9.26 Å². The Hall–Kier alpha value is -0.590. The highest BCUT2D eigenvalue weighted by Crippen LogP contribution is 2.19. The molecule has 1 aliphatic rings. The van der Waals surface area contributed by atoms with Gasteiger partial charge in [-0.15, -0.1) is 11.8 Å². The molecule has 0 radical (unpaired) electrons. The van der Waals surface area contributed by atoms with E-state index in [1.54, 1.807) is 0 Å². The van der Waals surface area contributed by atoms with Gasteiger partial charge in [0.2, 0.25) is 5.89 Å². The highest BCUT2D eigenvalue weighted by Gasteiger charge is 2.15. The Bertz CT molecular complexity index is 367. The van der Waals surface area contributed by atoms with Gasteiger partial charge in [0.05, 0.1) is 11.9 Å². The van der Waals surface area contributed by atoms with E-state index < -0.39 is 0 Å². The van der Waals surface area contributed by atoms with Crippen molar-refractivity contribution in [2.24, 2.45) is 0 Å². The van der Waals surface area contributed by atoms with Crippen LogP contribution in [0.15, 0.2) is 4.52 Å². The number of hydrogen-bond acceptors (Lipinski definition) is 6. The second-order valence-electron chi connectivity index (χ2n) is 5.00. The van der Waals surface area contributed by atoms with Crippen LogP contribution in [0.1, 0.15) is 37.9 Å². The topological polar surface area (TPSA) is 60.2 Å². The first-order chi connectivity index (χ1) is 9.28. The molecule has 1 fully saturated rings. The Kier molecular flexibility index (Phi) is 6.13. The van der Waals surface area contributed by atoms with Gasteiger partial charge in [-0.1, -0.05) is 5.16 Å². The second kappa shape index (κ2) is 7.87. The molecule has 108 valence electrons. The van der Waals surface area contributed by atoms with Gasteiger partial charge in [-0.25, -0.2) is 0 Å². The third-order valence-electron chi connectivity index (χ3n) is 3.29. The maximum absolute atomic E-state index is 5.69. The molecule has 5 nitrogen and oxygen atoms in total. The van der Waals surface area contributed by atoms with Gasteiger partial charge in [0.1, 0.15) is 0 Å². The summed E-state index contributed by atoms with van der Waals surface area (Å²) in [6.07, 6.45) is 4.89. The van der Waals surface area contributed by atoms with Crippen LogP contribution in [-0.2, 0) is 16.9 Å². The molecule has 0 aromatic carbocycles. The molecule has 0 spiro atoms. The SMILES string of the molecule is CNC(C)Cc1noc(CSCC2CCCCO2)n1. The van der Waals surface area contributed by atoms with E-state index >= 15 is 0 Å². The Morgan fingerprint density at radius 2 is 2.37 bits per heavy atom. The van der Waals surface area contributed by atoms with Gasteiger partial charge in [0.15, 0.2) is 5.82 Å². The molecule has 1 aromatic heterocycles. The van der Waals surface area contributed by atoms with Gasteiger partial charge in [0, 0.05) is 24.8 Å². The number of thioether (sulfide) groups is 1. The molecular formula is C13H23N3O2S. The average molecular weight is 285 g/mol. The van der Waals surface area contributed by atoms with Crippen molar-refractivity contribution in [3.63, 3.8) is 0 Å². The predicted molar refractivity (Wildman–Crippen MR) is 76.3 cm³/mol. The summed E-state index contributed by atoms with van der Waals surface area (Å²) in [5, 5.41) is 7.16. The first-order valence-electron chi connectivity index (χ1n) is 6.96. The van der Waals surface area contributed by atoms with Crippen molar-refractivity contribution in [3.05, 3.63) is 11.7 Å². The molecule has 0 aliphatic carbocycles. The maximum atomic E-state index is 5.69. The number of likely N-dealkylation sites (N-methyl/N-ethyl adjacent to an activating group) is 1. The summed E-state index contributed by atoms with van der Waals surface area (Å²) in [5.74, 6) is 3.30. The lowest BCUT2D eigenvalue weighted by Gasteiger charge is -2.21. The lowest BCUT2D eigenvalue weighted by atomic mass is 10.1. The van der Waals surface area contributed by atoms with E-state index in [9.17, 15) is 0 Å². The van der Waals surface area contributed by atoms with E-state index in [-0.39, 0.29) is 0 Å². The number of hydrogen-bond donors (Lipinski definition) is 1. The lowest BCUT2D eigenvalue weighted by molar-refractivity contribution is 0.0315. The highest BCUT2D eigenvalue weighted by atomic mass is 32.2. The molecule has 2 rings (SSSR count). The van der Waals surface area contributed by atoms with Gasteiger partial charge in [-0.05, 0) is 33.2 Å². The van der Waals surface area contributed by atoms with Gasteiger partial charge in [0.25, 0.3) is 0 Å². The van der Waals surface area contributed by atoms with E-state index in [1.165, 1.54) is 19.3 Å². The van der Waals surface area contributed by atoms with Crippen molar-refractivity contribution in [2.45, 2.75) is 50.5 Å². The molecule has 2 heterocycles. The van der Waals surface area contributed by atoms with E-state index in [2.05, 4.69) is 22.4 Å². The third kappa shape index (κ3) is 5.12. The smallest absolute Gasteiger partial charge is 0.236 e. The van der Waals surface area contributed by atoms with Crippen molar-refractivity contribution in [1.29, 1.82) is 0 Å². The van der Waals surface area contributed by atoms with Gasteiger partial charge < -0.3 is 14.6 Å². The Balaban J connectivity index is 1.68. The van der Waals surface area contributed by atoms with Crippen LogP contribution in [0.2, 0.25) is 0 Å². The normalized spacial score (nSPS) is 21.5. The third-order valence-corrected chi connectivity index (χ3v) is 4.35.